The zero-order valence-electron chi connectivity index (χ0n) is 23.5. The Balaban J connectivity index is 1.12. The van der Waals surface area contributed by atoms with Crippen molar-refractivity contribution in [3.05, 3.63) is 65.2 Å². The number of hydrogen-bond acceptors (Lipinski definition) is 8. The number of nitrogens with two attached hydrogens (primary N) is 1. The highest BCUT2D eigenvalue weighted by atomic mass is 35.5. The van der Waals surface area contributed by atoms with Crippen LogP contribution in [-0.4, -0.2) is 73.6 Å². The van der Waals surface area contributed by atoms with Crippen molar-refractivity contribution >= 4 is 62.6 Å². The van der Waals surface area contributed by atoms with E-state index in [1.165, 1.54) is 25.9 Å². The van der Waals surface area contributed by atoms with E-state index in [1.807, 2.05) is 12.1 Å². The van der Waals surface area contributed by atoms with Crippen LogP contribution in [0.4, 0.5) is 17.5 Å². The molecule has 0 amide bonds. The Morgan fingerprint density at radius 1 is 0.905 bits per heavy atom. The van der Waals surface area contributed by atoms with Gasteiger partial charge in [0, 0.05) is 72.3 Å². The third kappa shape index (κ3) is 5.26. The molecule has 1 aliphatic carbocycles. The summed E-state index contributed by atoms with van der Waals surface area (Å²) in [7, 11) is 2.22. The summed E-state index contributed by atoms with van der Waals surface area (Å²) in [6.07, 6.45) is 10.2. The van der Waals surface area contributed by atoms with Crippen LogP contribution in [0.1, 0.15) is 31.7 Å². The molecule has 42 heavy (non-hydrogen) atoms. The van der Waals surface area contributed by atoms with Gasteiger partial charge in [0.05, 0.1) is 15.9 Å². The number of likely N-dealkylation sites (N-methyl/N-ethyl adjacent to an activating group) is 1. The van der Waals surface area contributed by atoms with E-state index >= 15 is 0 Å². The quantitative estimate of drug-likeness (QED) is 0.238. The van der Waals surface area contributed by atoms with Gasteiger partial charge in [-0.1, -0.05) is 35.3 Å². The topological polar surface area (TPSA) is 101 Å². The van der Waals surface area contributed by atoms with Crippen LogP contribution in [0.3, 0.4) is 0 Å². The minimum Gasteiger partial charge on any atom is -0.383 e. The number of fused-ring (bicyclic) bond motifs is 2. The van der Waals surface area contributed by atoms with Gasteiger partial charge in [0.2, 0.25) is 5.95 Å². The molecule has 7 rings (SSSR count). The molecule has 3 N–H and O–H groups in total. The number of piperazine rings is 1. The molecule has 0 radical (unpaired) electrons. The predicted molar refractivity (Wildman–Crippen MR) is 171 cm³/mol. The number of rotatable bonds is 5. The number of nitrogens with zero attached hydrogens (tertiary/aromatic N) is 7. The number of benzene rings is 2. The molecule has 3 aromatic heterocycles. The van der Waals surface area contributed by atoms with Gasteiger partial charge in [0.15, 0.2) is 0 Å². The zero-order valence-corrected chi connectivity index (χ0v) is 25.0. The Kier molecular flexibility index (Phi) is 7.35. The maximum atomic E-state index is 6.44. The Hall–Kier alpha value is -3.50. The van der Waals surface area contributed by atoms with E-state index < -0.39 is 0 Å². The summed E-state index contributed by atoms with van der Waals surface area (Å²) >= 11 is 12.5. The summed E-state index contributed by atoms with van der Waals surface area (Å²) in [4.78, 5) is 23.2. The second-order valence-electron chi connectivity index (χ2n) is 11.4. The number of nitrogens with one attached hydrogen (secondary N) is 1. The highest BCUT2D eigenvalue weighted by molar-refractivity contribution is 6.38. The summed E-state index contributed by atoms with van der Waals surface area (Å²) in [6.45, 7) is 4.67. The highest BCUT2D eigenvalue weighted by Crippen LogP contribution is 2.39. The first-order chi connectivity index (χ1) is 20.4. The molecule has 2 aliphatic rings. The van der Waals surface area contributed by atoms with Crippen molar-refractivity contribution < 1.29 is 0 Å². The third-order valence-electron chi connectivity index (χ3n) is 8.82. The zero-order chi connectivity index (χ0) is 28.8. The van der Waals surface area contributed by atoms with Gasteiger partial charge in [-0.15, -0.1) is 0 Å². The molecule has 5 aromatic rings. The number of aromatic nitrogens is 5. The highest BCUT2D eigenvalue weighted by Gasteiger charge is 2.30. The minimum absolute atomic E-state index is 0.396. The number of hydrogen-bond donors (Lipinski definition) is 2. The maximum absolute atomic E-state index is 6.44. The van der Waals surface area contributed by atoms with Crippen molar-refractivity contribution in [2.24, 2.45) is 0 Å². The Morgan fingerprint density at radius 3 is 2.40 bits per heavy atom. The first-order valence-corrected chi connectivity index (χ1v) is 15.2. The maximum Gasteiger partial charge on any atom is 0.227 e. The van der Waals surface area contributed by atoms with E-state index in [2.05, 4.69) is 60.0 Å². The van der Waals surface area contributed by atoms with Crippen molar-refractivity contribution in [1.29, 1.82) is 0 Å². The molecule has 0 atom stereocenters. The van der Waals surface area contributed by atoms with Crippen LogP contribution in [-0.2, 0) is 0 Å². The second kappa shape index (κ2) is 11.3. The smallest absolute Gasteiger partial charge is 0.227 e. The molecule has 1 aliphatic heterocycles. The van der Waals surface area contributed by atoms with E-state index in [4.69, 9.17) is 33.9 Å². The number of halogens is 2. The van der Waals surface area contributed by atoms with E-state index in [0.29, 0.717) is 39.4 Å². The lowest BCUT2D eigenvalue weighted by Gasteiger charge is -2.41. The van der Waals surface area contributed by atoms with Crippen LogP contribution in [0.2, 0.25) is 10.0 Å². The fourth-order valence-electron chi connectivity index (χ4n) is 6.48. The predicted octanol–water partition coefficient (Wildman–Crippen LogP) is 6.41. The summed E-state index contributed by atoms with van der Waals surface area (Å²) in [5.74, 6) is 0.971. The molecule has 1 saturated carbocycles. The molecule has 0 bridgehead atoms. The van der Waals surface area contributed by atoms with Crippen LogP contribution in [0.25, 0.3) is 33.1 Å². The molecule has 0 unspecified atom stereocenters. The first-order valence-electron chi connectivity index (χ1n) is 14.5. The van der Waals surface area contributed by atoms with Gasteiger partial charge in [-0.05, 0) is 62.6 Å². The molecule has 4 heterocycles. The Labute approximate surface area is 254 Å². The fourth-order valence-corrected chi connectivity index (χ4v) is 7.01. The van der Waals surface area contributed by atoms with Crippen LogP contribution in [0, 0.1) is 0 Å². The summed E-state index contributed by atoms with van der Waals surface area (Å²) in [6, 6.07) is 12.7. The molecule has 2 aromatic carbocycles. The van der Waals surface area contributed by atoms with Crippen LogP contribution in [0.5, 0.6) is 0 Å². The molecule has 1 saturated heterocycles. The van der Waals surface area contributed by atoms with E-state index in [0.717, 1.165) is 59.2 Å². The average molecular weight is 603 g/mol. The molecule has 0 spiro atoms. The van der Waals surface area contributed by atoms with E-state index in [9.17, 15) is 0 Å². The SMILES string of the molecule is CN1CCN([C@H]2CC[C@H](n3cc(-c4ccc(Nc5ncc6c(Cl)cc(Cl)cc6n5)cc4)c4c(N)ncnc43)CC2)CC1. The number of anilines is 3. The molecule has 2 fully saturated rings. The molecule has 9 nitrogen and oxygen atoms in total. The lowest BCUT2D eigenvalue weighted by molar-refractivity contribution is 0.0828. The van der Waals surface area contributed by atoms with Crippen molar-refractivity contribution in [2.45, 2.75) is 37.8 Å². The van der Waals surface area contributed by atoms with Crippen LogP contribution >= 0.6 is 23.2 Å². The summed E-state index contributed by atoms with van der Waals surface area (Å²) in [5.41, 5.74) is 11.0. The number of nitrogen functional groups attached to an aromatic ring is 1. The summed E-state index contributed by atoms with van der Waals surface area (Å²) in [5, 5.41) is 6.01. The van der Waals surface area contributed by atoms with Gasteiger partial charge in [-0.25, -0.2) is 19.9 Å². The van der Waals surface area contributed by atoms with Gasteiger partial charge < -0.3 is 20.5 Å². The lowest BCUT2D eigenvalue weighted by atomic mass is 9.89. The normalized spacial score (nSPS) is 20.4. The molecule has 11 heteroatoms. The van der Waals surface area contributed by atoms with Gasteiger partial charge >= 0.3 is 0 Å². The minimum atomic E-state index is 0.396. The Morgan fingerprint density at radius 2 is 1.64 bits per heavy atom. The lowest BCUT2D eigenvalue weighted by Crippen LogP contribution is -2.49. The van der Waals surface area contributed by atoms with Gasteiger partial charge in [0.1, 0.15) is 17.8 Å². The fraction of sp³-hybridized carbons (Fsp3) is 0.355. The third-order valence-corrected chi connectivity index (χ3v) is 9.35. The molecular weight excluding hydrogens is 569 g/mol. The second-order valence-corrected chi connectivity index (χ2v) is 12.3. The molecular formula is C31H33Cl2N9. The van der Waals surface area contributed by atoms with Crippen molar-refractivity contribution in [3.8, 4) is 11.1 Å². The average Bonchev–Trinajstić information content (AvgIpc) is 3.39. The Bertz CT molecular complexity index is 1740. The van der Waals surface area contributed by atoms with Crippen molar-refractivity contribution in [2.75, 3.05) is 44.3 Å². The standard InChI is InChI=1S/C31H33Cl2N9/c1-40-10-12-41(13-11-40)22-6-8-23(9-7-22)42-17-25(28-29(34)36-18-37-30(28)42)19-2-4-21(5-3-19)38-31-35-16-24-26(33)14-20(32)15-27(24)39-31/h2-5,14-18,22-23H,6-13H2,1H3,(H2,34,36,37)(H,35,38,39)/t22-,23-. The monoisotopic (exact) mass is 601 g/mol. The van der Waals surface area contributed by atoms with Gasteiger partial charge in [-0.2, -0.15) is 0 Å². The van der Waals surface area contributed by atoms with Gasteiger partial charge in [-0.3, -0.25) is 4.90 Å². The first kappa shape index (κ1) is 27.3. The van der Waals surface area contributed by atoms with Crippen LogP contribution in [0.15, 0.2) is 55.1 Å². The largest absolute Gasteiger partial charge is 0.383 e. The van der Waals surface area contributed by atoms with Crippen LogP contribution < -0.4 is 11.1 Å². The van der Waals surface area contributed by atoms with Gasteiger partial charge in [0.25, 0.3) is 0 Å². The van der Waals surface area contributed by atoms with E-state index in [1.54, 1.807) is 24.7 Å². The van der Waals surface area contributed by atoms with Crippen molar-refractivity contribution in [3.63, 3.8) is 0 Å². The molecule has 216 valence electrons. The van der Waals surface area contributed by atoms with E-state index in [-0.39, 0.29) is 0 Å². The summed E-state index contributed by atoms with van der Waals surface area (Å²) < 4.78 is 2.34. The van der Waals surface area contributed by atoms with Crippen molar-refractivity contribution in [1.82, 2.24) is 34.3 Å².